The molecule has 7 heteroatoms. The number of fused-ring (bicyclic) bond motifs is 1. The zero-order chi connectivity index (χ0) is 24.5. The molecule has 5 rings (SSSR count). The minimum Gasteiger partial charge on any atom is -0.339 e. The Morgan fingerprint density at radius 1 is 0.914 bits per heavy atom. The molecule has 1 fully saturated rings. The Balaban J connectivity index is 1.83. The van der Waals surface area contributed by atoms with E-state index in [0.29, 0.717) is 30.0 Å². The van der Waals surface area contributed by atoms with Crippen molar-refractivity contribution >= 4 is 16.9 Å². The molecule has 35 heavy (non-hydrogen) atoms. The van der Waals surface area contributed by atoms with Gasteiger partial charge in [0.25, 0.3) is 11.5 Å². The zero-order valence-corrected chi connectivity index (χ0v) is 20.0. The van der Waals surface area contributed by atoms with Crippen molar-refractivity contribution in [2.45, 2.75) is 39.7 Å². The molecule has 3 heterocycles. The number of piperidine rings is 1. The van der Waals surface area contributed by atoms with Gasteiger partial charge in [-0.2, -0.15) is 0 Å². The number of carbonyl (C=O) groups excluding carboxylic acids is 1. The smallest absolute Gasteiger partial charge is 0.337 e. The summed E-state index contributed by atoms with van der Waals surface area (Å²) in [5, 5.41) is 0.184. The summed E-state index contributed by atoms with van der Waals surface area (Å²) in [5.74, 6) is -0.182. The first kappa shape index (κ1) is 22.8. The highest BCUT2D eigenvalue weighted by Crippen LogP contribution is 2.21. The van der Waals surface area contributed by atoms with Crippen molar-refractivity contribution in [2.75, 3.05) is 13.1 Å². The molecule has 0 spiro atoms. The largest absolute Gasteiger partial charge is 0.339 e. The van der Waals surface area contributed by atoms with Crippen LogP contribution < -0.4 is 11.2 Å². The maximum Gasteiger partial charge on any atom is 0.337 e. The molecule has 0 radical (unpaired) electrons. The Kier molecular flexibility index (Phi) is 6.07. The summed E-state index contributed by atoms with van der Waals surface area (Å²) in [5.41, 5.74) is 2.58. The van der Waals surface area contributed by atoms with Gasteiger partial charge in [0.1, 0.15) is 0 Å². The Hall–Kier alpha value is -4.00. The second-order valence-corrected chi connectivity index (χ2v) is 9.13. The van der Waals surface area contributed by atoms with E-state index in [9.17, 15) is 14.4 Å². The maximum absolute atomic E-state index is 13.9. The van der Waals surface area contributed by atoms with Gasteiger partial charge < -0.3 is 4.90 Å². The summed E-state index contributed by atoms with van der Waals surface area (Å²) in [6.45, 7) is 5.17. The molecular formula is C28H28N4O3. The predicted molar refractivity (Wildman–Crippen MR) is 136 cm³/mol. The van der Waals surface area contributed by atoms with E-state index in [1.165, 1.54) is 9.13 Å². The van der Waals surface area contributed by atoms with E-state index in [4.69, 9.17) is 0 Å². The fourth-order valence-corrected chi connectivity index (χ4v) is 4.81. The Morgan fingerprint density at radius 2 is 1.60 bits per heavy atom. The van der Waals surface area contributed by atoms with Crippen LogP contribution in [0.1, 0.15) is 46.4 Å². The van der Waals surface area contributed by atoms with Crippen LogP contribution in [-0.2, 0) is 6.54 Å². The lowest BCUT2D eigenvalue weighted by Crippen LogP contribution is -2.42. The van der Waals surface area contributed by atoms with Crippen LogP contribution in [0.5, 0.6) is 0 Å². The molecule has 1 aliphatic heterocycles. The first-order valence-electron chi connectivity index (χ1n) is 12.0. The molecule has 0 N–H and O–H groups in total. The number of para-hydroxylation sites is 1. The average molecular weight is 469 g/mol. The number of hydrogen-bond acceptors (Lipinski definition) is 4. The van der Waals surface area contributed by atoms with E-state index in [1.807, 2.05) is 49.4 Å². The van der Waals surface area contributed by atoms with E-state index in [0.717, 1.165) is 30.4 Å². The highest BCUT2D eigenvalue weighted by Gasteiger charge is 2.26. The van der Waals surface area contributed by atoms with E-state index in [1.54, 1.807) is 30.0 Å². The number of benzene rings is 2. The fourth-order valence-electron chi connectivity index (χ4n) is 4.81. The van der Waals surface area contributed by atoms with Gasteiger partial charge in [0, 0.05) is 18.8 Å². The van der Waals surface area contributed by atoms with Gasteiger partial charge in [-0.3, -0.25) is 14.2 Å². The molecule has 0 saturated carbocycles. The monoisotopic (exact) mass is 468 g/mol. The average Bonchev–Trinajstić information content (AvgIpc) is 2.88. The molecule has 0 unspecified atom stereocenters. The molecular weight excluding hydrogens is 440 g/mol. The Labute approximate surface area is 203 Å². The third kappa shape index (κ3) is 4.18. The van der Waals surface area contributed by atoms with Gasteiger partial charge in [0.2, 0.25) is 0 Å². The van der Waals surface area contributed by atoms with Crippen LogP contribution in [0.15, 0.2) is 70.3 Å². The van der Waals surface area contributed by atoms with Gasteiger partial charge in [-0.25, -0.2) is 14.3 Å². The van der Waals surface area contributed by atoms with Crippen molar-refractivity contribution in [3.63, 3.8) is 0 Å². The summed E-state index contributed by atoms with van der Waals surface area (Å²) in [7, 11) is 0. The number of pyridine rings is 1. The number of hydrogen-bond donors (Lipinski definition) is 0. The molecule has 2 aromatic carbocycles. The molecule has 2 aromatic heterocycles. The lowest BCUT2D eigenvalue weighted by atomic mass is 10.1. The number of carbonyl (C=O) groups is 1. The van der Waals surface area contributed by atoms with Crippen LogP contribution in [-0.4, -0.2) is 38.0 Å². The quantitative estimate of drug-likeness (QED) is 0.456. The van der Waals surface area contributed by atoms with Crippen molar-refractivity contribution in [2.24, 2.45) is 0 Å². The van der Waals surface area contributed by atoms with Crippen LogP contribution in [0.3, 0.4) is 0 Å². The van der Waals surface area contributed by atoms with Gasteiger partial charge in [0.05, 0.1) is 23.2 Å². The molecule has 0 bridgehead atoms. The molecule has 178 valence electrons. The van der Waals surface area contributed by atoms with Crippen LogP contribution in [0.4, 0.5) is 0 Å². The summed E-state index contributed by atoms with van der Waals surface area (Å²) in [4.78, 5) is 47.8. The number of aromatic nitrogens is 3. The summed E-state index contributed by atoms with van der Waals surface area (Å²) < 4.78 is 2.68. The molecule has 0 atom stereocenters. The number of nitrogens with zero attached hydrogens (tertiary/aromatic N) is 4. The standard InChI is InChI=1S/C28H28N4O3/c1-19-11-7-8-12-21(19)18-31-27(34)24-23(26(33)30-15-9-4-10-16-30)17-20(2)29-25(24)32(28(31)35)22-13-5-3-6-14-22/h3,5-8,11-14,17H,4,9-10,15-16,18H2,1-2H3. The van der Waals surface area contributed by atoms with E-state index in [2.05, 4.69) is 4.98 Å². The van der Waals surface area contributed by atoms with Crippen molar-refractivity contribution in [3.8, 4) is 5.69 Å². The minimum absolute atomic E-state index is 0.109. The second-order valence-electron chi connectivity index (χ2n) is 9.13. The van der Waals surface area contributed by atoms with Crippen LogP contribution in [0, 0.1) is 13.8 Å². The van der Waals surface area contributed by atoms with E-state index >= 15 is 0 Å². The van der Waals surface area contributed by atoms with Crippen molar-refractivity contribution in [1.29, 1.82) is 0 Å². The lowest BCUT2D eigenvalue weighted by Gasteiger charge is -2.27. The third-order valence-electron chi connectivity index (χ3n) is 6.70. The Morgan fingerprint density at radius 3 is 2.31 bits per heavy atom. The normalized spacial score (nSPS) is 13.8. The number of rotatable bonds is 4. The predicted octanol–water partition coefficient (Wildman–Crippen LogP) is 3.84. The van der Waals surface area contributed by atoms with E-state index in [-0.39, 0.29) is 23.5 Å². The van der Waals surface area contributed by atoms with Gasteiger partial charge in [0.15, 0.2) is 5.65 Å². The SMILES string of the molecule is Cc1cc(C(=O)N2CCCCC2)c2c(=O)n(Cc3ccccc3C)c(=O)n(-c3ccccc3)c2n1. The zero-order valence-electron chi connectivity index (χ0n) is 20.0. The Bertz CT molecular complexity index is 1530. The lowest BCUT2D eigenvalue weighted by molar-refractivity contribution is 0.0726. The number of aryl methyl sites for hydroxylation is 2. The van der Waals surface area contributed by atoms with Gasteiger partial charge in [-0.1, -0.05) is 42.5 Å². The van der Waals surface area contributed by atoms with Crippen LogP contribution >= 0.6 is 0 Å². The highest BCUT2D eigenvalue weighted by atomic mass is 16.2. The minimum atomic E-state index is -0.492. The fraction of sp³-hybridized carbons (Fsp3) is 0.286. The molecule has 1 aliphatic rings. The van der Waals surface area contributed by atoms with Crippen LogP contribution in [0.2, 0.25) is 0 Å². The van der Waals surface area contributed by atoms with Crippen molar-refractivity contribution in [3.05, 3.63) is 104 Å². The number of amides is 1. The van der Waals surface area contributed by atoms with Crippen molar-refractivity contribution < 1.29 is 4.79 Å². The third-order valence-corrected chi connectivity index (χ3v) is 6.70. The molecule has 0 aliphatic carbocycles. The first-order valence-corrected chi connectivity index (χ1v) is 12.0. The molecule has 1 saturated heterocycles. The number of likely N-dealkylation sites (tertiary alicyclic amines) is 1. The molecule has 1 amide bonds. The van der Waals surface area contributed by atoms with Gasteiger partial charge >= 0.3 is 5.69 Å². The second kappa shape index (κ2) is 9.33. The van der Waals surface area contributed by atoms with Gasteiger partial charge in [-0.05, 0) is 62.4 Å². The summed E-state index contributed by atoms with van der Waals surface area (Å²) in [6.07, 6.45) is 2.98. The highest BCUT2D eigenvalue weighted by molar-refractivity contribution is 6.05. The van der Waals surface area contributed by atoms with E-state index < -0.39 is 11.2 Å². The topological polar surface area (TPSA) is 77.2 Å². The summed E-state index contributed by atoms with van der Waals surface area (Å²) in [6, 6.07) is 18.5. The van der Waals surface area contributed by atoms with Gasteiger partial charge in [-0.15, -0.1) is 0 Å². The molecule has 4 aromatic rings. The van der Waals surface area contributed by atoms with Crippen LogP contribution in [0.25, 0.3) is 16.7 Å². The maximum atomic E-state index is 13.9. The molecule has 7 nitrogen and oxygen atoms in total. The van der Waals surface area contributed by atoms with Crippen molar-refractivity contribution in [1.82, 2.24) is 19.0 Å². The summed E-state index contributed by atoms with van der Waals surface area (Å²) >= 11 is 0. The first-order chi connectivity index (χ1) is 17.0.